The summed E-state index contributed by atoms with van der Waals surface area (Å²) in [6, 6.07) is 5.85. The highest BCUT2D eigenvalue weighted by Gasteiger charge is 2.25. The van der Waals surface area contributed by atoms with Crippen LogP contribution in [-0.4, -0.2) is 65.0 Å². The van der Waals surface area contributed by atoms with E-state index in [1.165, 1.54) is 0 Å². The SMILES string of the molecule is COC1CCN(c2ccc(C(=O)N3CCC(Cn4cccn4)CC3)cn2)CC1. The Morgan fingerprint density at radius 1 is 1.14 bits per heavy atom. The third-order valence-electron chi connectivity index (χ3n) is 6.00. The van der Waals surface area contributed by atoms with Crippen molar-refractivity contribution >= 4 is 11.7 Å². The third-order valence-corrected chi connectivity index (χ3v) is 6.00. The van der Waals surface area contributed by atoms with E-state index in [1.807, 2.05) is 40.2 Å². The molecule has 2 fully saturated rings. The maximum atomic E-state index is 12.8. The van der Waals surface area contributed by atoms with E-state index in [4.69, 9.17) is 4.74 Å². The molecule has 1 amide bonds. The molecular weight excluding hydrogens is 354 g/mol. The molecular formula is C21H29N5O2. The quantitative estimate of drug-likeness (QED) is 0.794. The molecule has 2 aromatic heterocycles. The van der Waals surface area contributed by atoms with Gasteiger partial charge in [-0.15, -0.1) is 0 Å². The number of likely N-dealkylation sites (tertiary alicyclic amines) is 1. The van der Waals surface area contributed by atoms with Crippen LogP contribution < -0.4 is 4.90 Å². The summed E-state index contributed by atoms with van der Waals surface area (Å²) < 4.78 is 7.41. The zero-order valence-electron chi connectivity index (χ0n) is 16.5. The number of aromatic nitrogens is 3. The van der Waals surface area contributed by atoms with Gasteiger partial charge < -0.3 is 14.5 Å². The molecule has 0 aliphatic carbocycles. The first-order chi connectivity index (χ1) is 13.7. The molecule has 0 saturated carbocycles. The smallest absolute Gasteiger partial charge is 0.255 e. The Morgan fingerprint density at radius 3 is 2.54 bits per heavy atom. The summed E-state index contributed by atoms with van der Waals surface area (Å²) in [7, 11) is 1.78. The number of hydrogen-bond acceptors (Lipinski definition) is 5. The van der Waals surface area contributed by atoms with Crippen molar-refractivity contribution in [2.24, 2.45) is 5.92 Å². The van der Waals surface area contributed by atoms with Crippen LogP contribution in [0.4, 0.5) is 5.82 Å². The number of anilines is 1. The molecule has 7 heteroatoms. The average Bonchev–Trinajstić information content (AvgIpc) is 3.27. The predicted molar refractivity (Wildman–Crippen MR) is 107 cm³/mol. The van der Waals surface area contributed by atoms with Gasteiger partial charge in [0.1, 0.15) is 5.82 Å². The van der Waals surface area contributed by atoms with E-state index >= 15 is 0 Å². The van der Waals surface area contributed by atoms with Gasteiger partial charge in [-0.25, -0.2) is 4.98 Å². The van der Waals surface area contributed by atoms with Crippen LogP contribution in [0.5, 0.6) is 0 Å². The molecule has 0 N–H and O–H groups in total. The van der Waals surface area contributed by atoms with E-state index in [-0.39, 0.29) is 5.91 Å². The Labute approximate surface area is 166 Å². The zero-order chi connectivity index (χ0) is 19.3. The topological polar surface area (TPSA) is 63.5 Å². The Bertz CT molecular complexity index is 746. The van der Waals surface area contributed by atoms with Gasteiger partial charge >= 0.3 is 0 Å². The Morgan fingerprint density at radius 2 is 1.93 bits per heavy atom. The summed E-state index contributed by atoms with van der Waals surface area (Å²) in [5.74, 6) is 1.62. The number of amides is 1. The molecule has 4 heterocycles. The fraction of sp³-hybridized carbons (Fsp3) is 0.571. The summed E-state index contributed by atoms with van der Waals surface area (Å²) in [5, 5.41) is 4.28. The highest BCUT2D eigenvalue weighted by Crippen LogP contribution is 2.22. The van der Waals surface area contributed by atoms with Crippen molar-refractivity contribution < 1.29 is 9.53 Å². The van der Waals surface area contributed by atoms with Crippen LogP contribution in [0.2, 0.25) is 0 Å². The van der Waals surface area contributed by atoms with Gasteiger partial charge in [-0.05, 0) is 49.8 Å². The fourth-order valence-corrected chi connectivity index (χ4v) is 4.19. The van der Waals surface area contributed by atoms with Crippen LogP contribution in [0.3, 0.4) is 0 Å². The summed E-state index contributed by atoms with van der Waals surface area (Å²) in [6.07, 6.45) is 9.98. The summed E-state index contributed by atoms with van der Waals surface area (Å²) >= 11 is 0. The molecule has 0 atom stereocenters. The second-order valence-electron chi connectivity index (χ2n) is 7.79. The van der Waals surface area contributed by atoms with Gasteiger partial charge in [0, 0.05) is 58.4 Å². The van der Waals surface area contributed by atoms with Gasteiger partial charge in [-0.3, -0.25) is 9.48 Å². The summed E-state index contributed by atoms with van der Waals surface area (Å²) in [5.41, 5.74) is 0.682. The lowest BCUT2D eigenvalue weighted by molar-refractivity contribution is 0.0681. The fourth-order valence-electron chi connectivity index (χ4n) is 4.19. The molecule has 2 saturated heterocycles. The monoisotopic (exact) mass is 383 g/mol. The molecule has 2 aliphatic heterocycles. The lowest BCUT2D eigenvalue weighted by Crippen LogP contribution is -2.39. The molecule has 0 unspecified atom stereocenters. The van der Waals surface area contributed by atoms with Gasteiger partial charge in [-0.1, -0.05) is 0 Å². The first-order valence-corrected chi connectivity index (χ1v) is 10.2. The lowest BCUT2D eigenvalue weighted by Gasteiger charge is -2.33. The van der Waals surface area contributed by atoms with E-state index in [0.29, 0.717) is 17.6 Å². The zero-order valence-corrected chi connectivity index (χ0v) is 16.5. The minimum absolute atomic E-state index is 0.0923. The highest BCUT2D eigenvalue weighted by molar-refractivity contribution is 5.94. The minimum Gasteiger partial charge on any atom is -0.381 e. The molecule has 7 nitrogen and oxygen atoms in total. The minimum atomic E-state index is 0.0923. The van der Waals surface area contributed by atoms with Crippen molar-refractivity contribution in [2.75, 3.05) is 38.2 Å². The first kappa shape index (κ1) is 18.9. The number of methoxy groups -OCH3 is 1. The first-order valence-electron chi connectivity index (χ1n) is 10.2. The van der Waals surface area contributed by atoms with Gasteiger partial charge in [0.2, 0.25) is 0 Å². The highest BCUT2D eigenvalue weighted by atomic mass is 16.5. The molecule has 2 aromatic rings. The third kappa shape index (κ3) is 4.35. The van der Waals surface area contributed by atoms with Crippen LogP contribution in [0.1, 0.15) is 36.0 Å². The number of pyridine rings is 1. The van der Waals surface area contributed by atoms with Gasteiger partial charge in [-0.2, -0.15) is 5.10 Å². The number of rotatable bonds is 5. The van der Waals surface area contributed by atoms with Crippen molar-refractivity contribution in [1.29, 1.82) is 0 Å². The van der Waals surface area contributed by atoms with E-state index in [9.17, 15) is 4.79 Å². The number of hydrogen-bond donors (Lipinski definition) is 0. The van der Waals surface area contributed by atoms with Crippen LogP contribution >= 0.6 is 0 Å². The lowest BCUT2D eigenvalue weighted by atomic mass is 9.96. The second-order valence-corrected chi connectivity index (χ2v) is 7.79. The van der Waals surface area contributed by atoms with Crippen molar-refractivity contribution in [3.8, 4) is 0 Å². The normalized spacial score (nSPS) is 19.2. The Kier molecular flexibility index (Phi) is 5.90. The molecule has 2 aliphatic rings. The van der Waals surface area contributed by atoms with E-state index in [2.05, 4.69) is 15.0 Å². The van der Waals surface area contributed by atoms with E-state index < -0.39 is 0 Å². The molecule has 150 valence electrons. The number of carbonyl (C=O) groups is 1. The Balaban J connectivity index is 1.29. The van der Waals surface area contributed by atoms with Crippen LogP contribution in [0.25, 0.3) is 0 Å². The number of carbonyl (C=O) groups excluding carboxylic acids is 1. The number of nitrogens with zero attached hydrogens (tertiary/aromatic N) is 5. The molecule has 28 heavy (non-hydrogen) atoms. The number of ether oxygens (including phenoxy) is 1. The van der Waals surface area contributed by atoms with Crippen molar-refractivity contribution in [3.63, 3.8) is 0 Å². The number of piperidine rings is 2. The summed E-state index contributed by atoms with van der Waals surface area (Å²) in [6.45, 7) is 4.43. The van der Waals surface area contributed by atoms with Crippen LogP contribution in [0, 0.1) is 5.92 Å². The Hall–Kier alpha value is -2.41. The predicted octanol–water partition coefficient (Wildman–Crippen LogP) is 2.45. The molecule has 0 aromatic carbocycles. The van der Waals surface area contributed by atoms with Gasteiger partial charge in [0.15, 0.2) is 0 Å². The molecule has 0 spiro atoms. The second kappa shape index (κ2) is 8.73. The summed E-state index contributed by atoms with van der Waals surface area (Å²) in [4.78, 5) is 21.6. The van der Waals surface area contributed by atoms with Crippen molar-refractivity contribution in [1.82, 2.24) is 19.7 Å². The largest absolute Gasteiger partial charge is 0.381 e. The standard InChI is InChI=1S/C21H29N5O2/c1-28-19-7-13-24(14-8-19)20-4-3-18(15-22-20)21(27)25-11-5-17(6-12-25)16-26-10-2-9-23-26/h2-4,9-10,15,17,19H,5-8,11-14,16H2,1H3. The molecule has 0 radical (unpaired) electrons. The van der Waals surface area contributed by atoms with Crippen LogP contribution in [-0.2, 0) is 11.3 Å². The van der Waals surface area contributed by atoms with Gasteiger partial charge in [0.05, 0.1) is 11.7 Å². The van der Waals surface area contributed by atoms with Crippen LogP contribution in [0.15, 0.2) is 36.8 Å². The van der Waals surface area contributed by atoms with Gasteiger partial charge in [0.25, 0.3) is 5.91 Å². The maximum Gasteiger partial charge on any atom is 0.255 e. The van der Waals surface area contributed by atoms with Crippen molar-refractivity contribution in [3.05, 3.63) is 42.4 Å². The molecule has 4 rings (SSSR count). The van der Waals surface area contributed by atoms with E-state index in [1.54, 1.807) is 13.3 Å². The molecule has 0 bridgehead atoms. The average molecular weight is 383 g/mol. The van der Waals surface area contributed by atoms with Crippen molar-refractivity contribution in [2.45, 2.75) is 38.3 Å². The van der Waals surface area contributed by atoms with E-state index in [0.717, 1.165) is 64.2 Å². The maximum absolute atomic E-state index is 12.8.